The second-order valence-corrected chi connectivity index (χ2v) is 7.55. The fourth-order valence-electron chi connectivity index (χ4n) is 2.95. The van der Waals surface area contributed by atoms with Crippen LogP contribution in [-0.2, 0) is 17.7 Å². The van der Waals surface area contributed by atoms with E-state index in [1.165, 1.54) is 11.0 Å². The molecular formula is C19H23N5O4. The van der Waals surface area contributed by atoms with Gasteiger partial charge in [0.25, 0.3) is 11.8 Å². The molecule has 1 aromatic carbocycles. The number of H-pyrrole nitrogens is 1. The molecule has 0 saturated heterocycles. The molecule has 0 spiro atoms. The number of primary amides is 1. The molecule has 1 aliphatic heterocycles. The molecule has 9 nitrogen and oxygen atoms in total. The molecule has 0 bridgehead atoms. The molecule has 0 aliphatic carbocycles. The summed E-state index contributed by atoms with van der Waals surface area (Å²) in [6, 6.07) is 6.46. The third-order valence-electron chi connectivity index (χ3n) is 4.24. The Morgan fingerprint density at radius 1 is 1.25 bits per heavy atom. The molecule has 3 rings (SSSR count). The zero-order valence-electron chi connectivity index (χ0n) is 16.0. The molecule has 2 aromatic rings. The lowest BCUT2D eigenvalue weighted by Gasteiger charge is -2.30. The number of fused-ring (bicyclic) bond motifs is 1. The van der Waals surface area contributed by atoms with Crippen LogP contribution in [0, 0.1) is 0 Å². The predicted octanol–water partition coefficient (Wildman–Crippen LogP) is 2.05. The van der Waals surface area contributed by atoms with Crippen LogP contribution in [0.3, 0.4) is 0 Å². The highest BCUT2D eigenvalue weighted by Crippen LogP contribution is 2.24. The fourth-order valence-corrected chi connectivity index (χ4v) is 2.95. The number of nitrogens with one attached hydrogen (secondary N) is 2. The van der Waals surface area contributed by atoms with E-state index in [4.69, 9.17) is 10.5 Å². The molecule has 1 aromatic heterocycles. The maximum Gasteiger partial charge on any atom is 0.410 e. The van der Waals surface area contributed by atoms with Gasteiger partial charge >= 0.3 is 6.09 Å². The second kappa shape index (κ2) is 7.34. The van der Waals surface area contributed by atoms with Crippen molar-refractivity contribution >= 4 is 23.6 Å². The molecule has 148 valence electrons. The van der Waals surface area contributed by atoms with E-state index in [0.29, 0.717) is 24.2 Å². The third-order valence-corrected chi connectivity index (χ3v) is 4.24. The smallest absolute Gasteiger partial charge is 0.410 e. The van der Waals surface area contributed by atoms with E-state index in [1.807, 2.05) is 0 Å². The number of benzene rings is 1. The first kappa shape index (κ1) is 19.4. The number of aromatic nitrogens is 2. The maximum absolute atomic E-state index is 12.7. The molecule has 0 unspecified atom stereocenters. The van der Waals surface area contributed by atoms with Gasteiger partial charge in [0.15, 0.2) is 5.69 Å². The number of hydrogen-bond acceptors (Lipinski definition) is 5. The van der Waals surface area contributed by atoms with Gasteiger partial charge in [-0.1, -0.05) is 12.1 Å². The molecule has 3 amide bonds. The van der Waals surface area contributed by atoms with Crippen molar-refractivity contribution in [1.29, 1.82) is 0 Å². The first-order valence-electron chi connectivity index (χ1n) is 8.90. The van der Waals surface area contributed by atoms with Gasteiger partial charge in [0, 0.05) is 24.2 Å². The highest BCUT2D eigenvalue weighted by atomic mass is 16.6. The normalized spacial score (nSPS) is 13.6. The van der Waals surface area contributed by atoms with Crippen molar-refractivity contribution in [1.82, 2.24) is 15.1 Å². The summed E-state index contributed by atoms with van der Waals surface area (Å²) in [7, 11) is 0. The summed E-state index contributed by atoms with van der Waals surface area (Å²) in [5, 5.41) is 9.63. The van der Waals surface area contributed by atoms with E-state index < -0.39 is 23.5 Å². The minimum absolute atomic E-state index is 0.169. The molecule has 28 heavy (non-hydrogen) atoms. The zero-order valence-corrected chi connectivity index (χ0v) is 16.0. The van der Waals surface area contributed by atoms with E-state index in [2.05, 4.69) is 15.5 Å². The number of ether oxygens (including phenoxy) is 1. The Balaban J connectivity index is 1.80. The number of para-hydroxylation sites is 1. The second-order valence-electron chi connectivity index (χ2n) is 7.55. The minimum Gasteiger partial charge on any atom is -0.444 e. The molecule has 4 N–H and O–H groups in total. The molecule has 1 aliphatic rings. The van der Waals surface area contributed by atoms with Crippen molar-refractivity contribution in [3.63, 3.8) is 0 Å². The Morgan fingerprint density at radius 3 is 2.64 bits per heavy atom. The highest BCUT2D eigenvalue weighted by molar-refractivity contribution is 6.08. The van der Waals surface area contributed by atoms with Gasteiger partial charge in [-0.25, -0.2) is 4.79 Å². The number of amides is 3. The van der Waals surface area contributed by atoms with E-state index >= 15 is 0 Å². The van der Waals surface area contributed by atoms with Crippen molar-refractivity contribution < 1.29 is 19.1 Å². The van der Waals surface area contributed by atoms with Crippen molar-refractivity contribution in [2.75, 3.05) is 11.9 Å². The van der Waals surface area contributed by atoms with Gasteiger partial charge in [0.05, 0.1) is 17.8 Å². The van der Waals surface area contributed by atoms with Crippen LogP contribution < -0.4 is 11.1 Å². The first-order valence-corrected chi connectivity index (χ1v) is 8.90. The van der Waals surface area contributed by atoms with Crippen molar-refractivity contribution in [3.8, 4) is 0 Å². The number of anilines is 1. The van der Waals surface area contributed by atoms with Crippen LogP contribution in [0.1, 0.15) is 52.9 Å². The Morgan fingerprint density at radius 2 is 1.96 bits per heavy atom. The quantitative estimate of drug-likeness (QED) is 0.744. The number of rotatable bonds is 3. The Labute approximate surface area is 162 Å². The van der Waals surface area contributed by atoms with E-state index in [-0.39, 0.29) is 17.8 Å². The van der Waals surface area contributed by atoms with Gasteiger partial charge in [-0.2, -0.15) is 5.10 Å². The third kappa shape index (κ3) is 4.13. The summed E-state index contributed by atoms with van der Waals surface area (Å²) in [6.45, 7) is 6.07. The summed E-state index contributed by atoms with van der Waals surface area (Å²) in [4.78, 5) is 38.2. The average Bonchev–Trinajstić information content (AvgIpc) is 3.03. The minimum atomic E-state index is -0.643. The van der Waals surface area contributed by atoms with Crippen LogP contribution in [0.25, 0.3) is 0 Å². The Bertz CT molecular complexity index is 929. The van der Waals surface area contributed by atoms with Crippen LogP contribution >= 0.6 is 0 Å². The number of aromatic amines is 1. The molecular weight excluding hydrogens is 362 g/mol. The summed E-state index contributed by atoms with van der Waals surface area (Å²) in [5.74, 6) is -1.13. The standard InChI is InChI=1S/C19H23N5O4/c1-19(2,3)28-18(27)24-9-8-14-12(10-24)15(23-22-14)17(26)21-13-7-5-4-6-11(13)16(20)25/h4-7H,8-10H2,1-3H3,(H2,20,25)(H,21,26)(H,22,23). The molecule has 2 heterocycles. The zero-order chi connectivity index (χ0) is 20.5. The van der Waals surface area contributed by atoms with E-state index in [9.17, 15) is 14.4 Å². The number of nitrogens with zero attached hydrogens (tertiary/aromatic N) is 2. The average molecular weight is 385 g/mol. The molecule has 0 fully saturated rings. The van der Waals surface area contributed by atoms with E-state index in [1.54, 1.807) is 39.0 Å². The summed E-state index contributed by atoms with van der Waals surface area (Å²) in [6.07, 6.45) is 0.0944. The Hall–Kier alpha value is -3.36. The summed E-state index contributed by atoms with van der Waals surface area (Å²) >= 11 is 0. The van der Waals surface area contributed by atoms with Crippen LogP contribution in [0.4, 0.5) is 10.5 Å². The van der Waals surface area contributed by atoms with Gasteiger partial charge in [0.2, 0.25) is 0 Å². The largest absolute Gasteiger partial charge is 0.444 e. The fraction of sp³-hybridized carbons (Fsp3) is 0.368. The van der Waals surface area contributed by atoms with Gasteiger partial charge in [-0.05, 0) is 32.9 Å². The molecule has 0 saturated carbocycles. The predicted molar refractivity (Wildman–Crippen MR) is 102 cm³/mol. The number of hydrogen-bond donors (Lipinski definition) is 3. The molecule has 0 radical (unpaired) electrons. The lowest BCUT2D eigenvalue weighted by atomic mass is 10.0. The maximum atomic E-state index is 12.7. The highest BCUT2D eigenvalue weighted by Gasteiger charge is 2.30. The lowest BCUT2D eigenvalue weighted by Crippen LogP contribution is -2.40. The summed E-state index contributed by atoms with van der Waals surface area (Å²) in [5.41, 5.74) is 6.85. The first-order chi connectivity index (χ1) is 13.2. The monoisotopic (exact) mass is 385 g/mol. The van der Waals surface area contributed by atoms with Gasteiger partial charge in [-0.3, -0.25) is 14.7 Å². The summed E-state index contributed by atoms with van der Waals surface area (Å²) < 4.78 is 5.41. The van der Waals surface area contributed by atoms with Gasteiger partial charge in [-0.15, -0.1) is 0 Å². The van der Waals surface area contributed by atoms with Crippen molar-refractivity contribution in [2.24, 2.45) is 5.73 Å². The topological polar surface area (TPSA) is 130 Å². The van der Waals surface area contributed by atoms with Gasteiger partial charge in [0.1, 0.15) is 5.60 Å². The number of nitrogens with two attached hydrogens (primary N) is 1. The van der Waals surface area contributed by atoms with Crippen LogP contribution in [0.15, 0.2) is 24.3 Å². The van der Waals surface area contributed by atoms with E-state index in [0.717, 1.165) is 5.69 Å². The lowest BCUT2D eigenvalue weighted by molar-refractivity contribution is 0.0222. The molecule has 0 atom stereocenters. The number of carbonyl (C=O) groups is 3. The number of carbonyl (C=O) groups excluding carboxylic acids is 3. The molecule has 9 heteroatoms. The van der Waals surface area contributed by atoms with Gasteiger partial charge < -0.3 is 20.7 Å². The van der Waals surface area contributed by atoms with Crippen LogP contribution in [-0.4, -0.2) is 45.2 Å². The SMILES string of the molecule is CC(C)(C)OC(=O)N1CCc2[nH]nc(C(=O)Nc3ccccc3C(N)=O)c2C1. The van der Waals surface area contributed by atoms with Crippen LogP contribution in [0.2, 0.25) is 0 Å². The van der Waals surface area contributed by atoms with Crippen molar-refractivity contribution in [2.45, 2.75) is 39.3 Å². The van der Waals surface area contributed by atoms with Crippen LogP contribution in [0.5, 0.6) is 0 Å². The Kier molecular flexibility index (Phi) is 5.08. The van der Waals surface area contributed by atoms with Crippen molar-refractivity contribution in [3.05, 3.63) is 46.8 Å².